The van der Waals surface area contributed by atoms with Crippen LogP contribution in [0.4, 0.5) is 0 Å². The molecular formula is C36H24N2O. The number of hydrogen-bond acceptors (Lipinski definition) is 1. The molecule has 5 aromatic carbocycles. The molecule has 0 saturated carbocycles. The smallest absolute Gasteiger partial charge is 0.162 e. The lowest BCUT2D eigenvalue weighted by Crippen LogP contribution is -1.96. The summed E-state index contributed by atoms with van der Waals surface area (Å²) in [5.41, 5.74) is 8.45. The van der Waals surface area contributed by atoms with E-state index in [0.717, 1.165) is 55.7 Å². The second kappa shape index (κ2) is 8.11. The van der Waals surface area contributed by atoms with Gasteiger partial charge in [0.05, 0.1) is 27.5 Å². The van der Waals surface area contributed by atoms with E-state index < -0.39 is 0 Å². The van der Waals surface area contributed by atoms with Crippen molar-refractivity contribution in [1.29, 1.82) is 0 Å². The summed E-state index contributed by atoms with van der Waals surface area (Å²) in [6.45, 7) is 8.29. The second-order valence-corrected chi connectivity index (χ2v) is 9.82. The Morgan fingerprint density at radius 2 is 1.00 bits per heavy atom. The summed E-state index contributed by atoms with van der Waals surface area (Å²) < 4.78 is 11.4. The molecule has 3 heteroatoms. The molecule has 0 saturated heterocycles. The van der Waals surface area contributed by atoms with Gasteiger partial charge in [0.25, 0.3) is 0 Å². The normalized spacial score (nSPS) is 11.8. The van der Waals surface area contributed by atoms with Crippen LogP contribution in [-0.4, -0.2) is 9.13 Å². The van der Waals surface area contributed by atoms with Gasteiger partial charge in [0, 0.05) is 38.5 Å². The minimum absolute atomic E-state index is 0.725. The van der Waals surface area contributed by atoms with Crippen molar-refractivity contribution in [3.63, 3.8) is 0 Å². The first kappa shape index (κ1) is 21.8. The fourth-order valence-corrected chi connectivity index (χ4v) is 6.35. The molecule has 8 rings (SSSR count). The number of fused-ring (bicyclic) bond motifs is 10. The maximum absolute atomic E-state index is 6.72. The molecule has 0 atom stereocenters. The Kier molecular flexibility index (Phi) is 4.53. The minimum Gasteiger partial charge on any atom is -0.454 e. The van der Waals surface area contributed by atoms with Crippen LogP contribution in [0.2, 0.25) is 0 Å². The average Bonchev–Trinajstić information content (AvgIpc) is 3.65. The Hall–Kier alpha value is -5.28. The molecule has 0 bridgehead atoms. The van der Waals surface area contributed by atoms with Gasteiger partial charge in [-0.3, -0.25) is 0 Å². The van der Waals surface area contributed by atoms with Crippen molar-refractivity contribution in [2.75, 3.05) is 0 Å². The van der Waals surface area contributed by atoms with Crippen LogP contribution >= 0.6 is 0 Å². The van der Waals surface area contributed by atoms with Crippen molar-refractivity contribution in [2.24, 2.45) is 0 Å². The lowest BCUT2D eigenvalue weighted by molar-refractivity contribution is 0.605. The van der Waals surface area contributed by atoms with Gasteiger partial charge in [-0.2, -0.15) is 0 Å². The van der Waals surface area contributed by atoms with E-state index in [1.165, 1.54) is 21.5 Å². The van der Waals surface area contributed by atoms with Crippen LogP contribution in [0.15, 0.2) is 127 Å². The number of aromatic nitrogens is 2. The summed E-state index contributed by atoms with van der Waals surface area (Å²) >= 11 is 0. The first-order chi connectivity index (χ1) is 19.3. The maximum atomic E-state index is 6.72. The average molecular weight is 501 g/mol. The molecule has 184 valence electrons. The molecule has 0 aliphatic heterocycles. The molecule has 3 aromatic heterocycles. The van der Waals surface area contributed by atoms with Gasteiger partial charge in [-0.05, 0) is 42.5 Å². The lowest BCUT2D eigenvalue weighted by Gasteiger charge is -2.11. The zero-order valence-corrected chi connectivity index (χ0v) is 21.3. The molecule has 3 nitrogen and oxygen atoms in total. The number of benzene rings is 5. The second-order valence-electron chi connectivity index (χ2n) is 9.82. The van der Waals surface area contributed by atoms with E-state index in [0.29, 0.717) is 0 Å². The summed E-state index contributed by atoms with van der Waals surface area (Å²) in [6.07, 6.45) is 3.69. The number of hydrogen-bond donors (Lipinski definition) is 0. The molecule has 3 heterocycles. The summed E-state index contributed by atoms with van der Waals surface area (Å²) in [7, 11) is 0. The van der Waals surface area contributed by atoms with Crippen LogP contribution < -0.4 is 0 Å². The van der Waals surface area contributed by atoms with E-state index in [4.69, 9.17) is 4.42 Å². The molecule has 0 radical (unpaired) electrons. The van der Waals surface area contributed by atoms with Crippen LogP contribution in [0.1, 0.15) is 11.3 Å². The monoisotopic (exact) mass is 500 g/mol. The summed E-state index contributed by atoms with van der Waals surface area (Å²) in [4.78, 5) is 0. The van der Waals surface area contributed by atoms with Crippen molar-refractivity contribution < 1.29 is 4.42 Å². The molecule has 39 heavy (non-hydrogen) atoms. The van der Waals surface area contributed by atoms with Crippen LogP contribution in [0, 0.1) is 0 Å². The van der Waals surface area contributed by atoms with E-state index in [1.807, 2.05) is 6.08 Å². The molecular weight excluding hydrogens is 476 g/mol. The Morgan fingerprint density at radius 3 is 1.54 bits per heavy atom. The third kappa shape index (κ3) is 2.82. The zero-order valence-electron chi connectivity index (χ0n) is 21.3. The van der Waals surface area contributed by atoms with E-state index >= 15 is 0 Å². The van der Waals surface area contributed by atoms with Gasteiger partial charge in [-0.1, -0.05) is 92.0 Å². The Balaban J connectivity index is 1.79. The van der Waals surface area contributed by atoms with Gasteiger partial charge in [0.2, 0.25) is 0 Å². The highest BCUT2D eigenvalue weighted by Crippen LogP contribution is 2.49. The fraction of sp³-hybridized carbons (Fsp3) is 0. The first-order valence-electron chi connectivity index (χ1n) is 13.1. The highest BCUT2D eigenvalue weighted by molar-refractivity contribution is 6.37. The summed E-state index contributed by atoms with van der Waals surface area (Å²) in [5, 5.41) is 5.83. The first-order valence-corrected chi connectivity index (χ1v) is 13.1. The summed E-state index contributed by atoms with van der Waals surface area (Å²) in [5.74, 6) is 0.725. The van der Waals surface area contributed by atoms with Crippen LogP contribution in [0.5, 0.6) is 0 Å². The predicted octanol–water partition coefficient (Wildman–Crippen LogP) is 9.91. The van der Waals surface area contributed by atoms with Gasteiger partial charge in [0.1, 0.15) is 5.76 Å². The third-order valence-corrected chi connectivity index (χ3v) is 7.84. The van der Waals surface area contributed by atoms with Gasteiger partial charge in [-0.15, -0.1) is 0 Å². The van der Waals surface area contributed by atoms with Crippen molar-refractivity contribution >= 4 is 66.7 Å². The number of para-hydroxylation sites is 4. The number of rotatable bonds is 4. The Bertz CT molecular complexity index is 2240. The van der Waals surface area contributed by atoms with E-state index in [1.54, 1.807) is 6.08 Å². The third-order valence-electron chi connectivity index (χ3n) is 7.84. The number of furan rings is 1. The predicted molar refractivity (Wildman–Crippen MR) is 165 cm³/mol. The van der Waals surface area contributed by atoms with E-state index in [9.17, 15) is 0 Å². The van der Waals surface area contributed by atoms with Crippen LogP contribution in [0.3, 0.4) is 0 Å². The van der Waals surface area contributed by atoms with Crippen LogP contribution in [0.25, 0.3) is 78.1 Å². The highest BCUT2D eigenvalue weighted by Gasteiger charge is 2.28. The van der Waals surface area contributed by atoms with Crippen molar-refractivity contribution in [3.05, 3.63) is 134 Å². The fourth-order valence-electron chi connectivity index (χ4n) is 6.35. The molecule has 8 aromatic rings. The highest BCUT2D eigenvalue weighted by atomic mass is 16.3. The SMILES string of the molecule is C=Cc1oc2c(c1C=C)c1c(c3ccccc3n1-c1ccccc1)c1c3ccccc3n(-c3ccccc3)c21. The van der Waals surface area contributed by atoms with Gasteiger partial charge >= 0.3 is 0 Å². The topological polar surface area (TPSA) is 23.0 Å². The zero-order chi connectivity index (χ0) is 26.1. The molecule has 0 N–H and O–H groups in total. The molecule has 0 amide bonds. The molecule has 0 aliphatic carbocycles. The maximum Gasteiger partial charge on any atom is 0.162 e. The molecule has 0 aliphatic rings. The molecule has 0 spiro atoms. The van der Waals surface area contributed by atoms with Crippen molar-refractivity contribution in [1.82, 2.24) is 9.13 Å². The van der Waals surface area contributed by atoms with E-state index in [-0.39, 0.29) is 0 Å². The summed E-state index contributed by atoms with van der Waals surface area (Å²) in [6, 6.07) is 38.4. The largest absolute Gasteiger partial charge is 0.454 e. The Labute approximate surface area is 225 Å². The lowest BCUT2D eigenvalue weighted by atomic mass is 10.0. The van der Waals surface area contributed by atoms with Gasteiger partial charge < -0.3 is 13.6 Å². The molecule has 0 fully saturated rings. The van der Waals surface area contributed by atoms with Crippen molar-refractivity contribution in [3.8, 4) is 11.4 Å². The van der Waals surface area contributed by atoms with Crippen LogP contribution in [-0.2, 0) is 0 Å². The van der Waals surface area contributed by atoms with Gasteiger partial charge in [0.15, 0.2) is 5.58 Å². The molecule has 0 unspecified atom stereocenters. The number of nitrogens with zero attached hydrogens (tertiary/aromatic N) is 2. The quantitative estimate of drug-likeness (QED) is 0.236. The van der Waals surface area contributed by atoms with E-state index in [2.05, 4.69) is 131 Å². The standard InChI is InChI=1S/C36H24N2O/c1-3-25-30(4-2)39-36-33(25)34-31(26-19-11-13-21-28(26)37(34)23-15-7-5-8-16-23)32-27-20-12-14-22-29(27)38(35(32)36)24-17-9-6-10-18-24/h3-22H,1-2H2. The minimum atomic E-state index is 0.725. The van der Waals surface area contributed by atoms with Gasteiger partial charge in [-0.25, -0.2) is 0 Å². The van der Waals surface area contributed by atoms with Crippen molar-refractivity contribution in [2.45, 2.75) is 0 Å². The Morgan fingerprint density at radius 1 is 0.513 bits per heavy atom.